The van der Waals surface area contributed by atoms with Crippen molar-refractivity contribution < 1.29 is 27.8 Å². The topological polar surface area (TPSA) is 29.1 Å². The third-order valence-electron chi connectivity index (χ3n) is 0.802. The van der Waals surface area contributed by atoms with E-state index in [0.29, 0.717) is 6.67 Å². The monoisotopic (exact) mass is 182 g/mol. The van der Waals surface area contributed by atoms with Gasteiger partial charge in [-0.05, 0) is 0 Å². The first kappa shape index (κ1) is 12.7. The second-order valence-corrected chi connectivity index (χ2v) is 3.18. The molecule has 0 aliphatic heterocycles. The molecule has 1 amide bonds. The zero-order valence-corrected chi connectivity index (χ0v) is 8.41. The Bertz CT molecular complexity index is 109. The molecule has 0 rings (SSSR count). The molecule has 4 heteroatoms. The summed E-state index contributed by atoms with van der Waals surface area (Å²) in [5.74, 6) is 0.0306. The predicted octanol–water partition coefficient (Wildman–Crippen LogP) is -0.216. The molecule has 10 heavy (non-hydrogen) atoms. The molecule has 0 saturated carbocycles. The molecular formula is C6H15N2OV+. The number of nitrogens with zero attached hydrogens (tertiary/aromatic N) is 1. The Morgan fingerprint density at radius 2 is 1.80 bits per heavy atom. The third-order valence-corrected chi connectivity index (χ3v) is 0.802. The Labute approximate surface area is 74.3 Å². The van der Waals surface area contributed by atoms with Gasteiger partial charge in [-0.15, -0.1) is 0 Å². The molecule has 0 heterocycles. The van der Waals surface area contributed by atoms with Crippen LogP contribution in [0, 0.1) is 0 Å². The first-order valence-electron chi connectivity index (χ1n) is 2.97. The molecule has 0 bridgehead atoms. The maximum atomic E-state index is 10.4. The predicted molar refractivity (Wildman–Crippen MR) is 36.7 cm³/mol. The minimum absolute atomic E-state index is 0. The quantitative estimate of drug-likeness (QED) is 0.464. The third kappa shape index (κ3) is 10.9. The number of hydrogen-bond donors (Lipinski definition) is 1. The molecule has 1 radical (unpaired) electrons. The van der Waals surface area contributed by atoms with Crippen LogP contribution in [0.15, 0.2) is 0 Å². The maximum absolute atomic E-state index is 10.4. The number of rotatable bonds is 2. The molecule has 0 aromatic rings. The molecule has 0 spiro atoms. The number of hydrogen-bond acceptors (Lipinski definition) is 1. The van der Waals surface area contributed by atoms with Crippen LogP contribution in [-0.2, 0) is 23.4 Å². The summed E-state index contributed by atoms with van der Waals surface area (Å²) in [5.41, 5.74) is 0. The van der Waals surface area contributed by atoms with Crippen molar-refractivity contribution in [2.24, 2.45) is 0 Å². The van der Waals surface area contributed by atoms with Gasteiger partial charge in [0.2, 0.25) is 5.91 Å². The van der Waals surface area contributed by atoms with E-state index in [9.17, 15) is 4.79 Å². The summed E-state index contributed by atoms with van der Waals surface area (Å²) in [5, 5.41) is 2.72. The van der Waals surface area contributed by atoms with E-state index in [0.717, 1.165) is 4.48 Å². The van der Waals surface area contributed by atoms with Gasteiger partial charge in [-0.25, -0.2) is 0 Å². The van der Waals surface area contributed by atoms with Crippen LogP contribution in [-0.4, -0.2) is 38.2 Å². The van der Waals surface area contributed by atoms with E-state index in [-0.39, 0.29) is 24.5 Å². The van der Waals surface area contributed by atoms with E-state index in [1.54, 1.807) is 0 Å². The van der Waals surface area contributed by atoms with Crippen LogP contribution in [0.1, 0.15) is 6.92 Å². The molecule has 0 aromatic carbocycles. The van der Waals surface area contributed by atoms with Crippen LogP contribution < -0.4 is 5.32 Å². The van der Waals surface area contributed by atoms with Gasteiger partial charge < -0.3 is 9.80 Å². The minimum atomic E-state index is 0. The summed E-state index contributed by atoms with van der Waals surface area (Å²) in [6.07, 6.45) is 0. The Balaban J connectivity index is 0. The number of carbonyl (C=O) groups is 1. The van der Waals surface area contributed by atoms with Gasteiger partial charge in [-0.1, -0.05) is 0 Å². The fourth-order valence-corrected chi connectivity index (χ4v) is 0.349. The van der Waals surface area contributed by atoms with E-state index in [1.807, 2.05) is 21.1 Å². The maximum Gasteiger partial charge on any atom is 0.221 e. The summed E-state index contributed by atoms with van der Waals surface area (Å²) < 4.78 is 0.763. The Morgan fingerprint density at radius 1 is 1.40 bits per heavy atom. The fourth-order valence-electron chi connectivity index (χ4n) is 0.349. The molecule has 0 atom stereocenters. The van der Waals surface area contributed by atoms with Gasteiger partial charge in [0.15, 0.2) is 6.67 Å². The molecule has 0 aliphatic rings. The number of nitrogens with one attached hydrogen (secondary N) is 1. The standard InChI is InChI=1S/C6H14N2O.V/c1-6(9)7-5-8(2,3)4;/h5H2,1-4H3;/p+1. The molecular weight excluding hydrogens is 167 g/mol. The van der Waals surface area contributed by atoms with Gasteiger partial charge in [0.1, 0.15) is 0 Å². The minimum Gasteiger partial charge on any atom is -0.314 e. The van der Waals surface area contributed by atoms with Crippen LogP contribution in [0.25, 0.3) is 0 Å². The van der Waals surface area contributed by atoms with E-state index in [4.69, 9.17) is 0 Å². The van der Waals surface area contributed by atoms with Gasteiger partial charge >= 0.3 is 0 Å². The molecule has 0 aliphatic carbocycles. The summed E-state index contributed by atoms with van der Waals surface area (Å²) in [7, 11) is 6.07. The molecule has 1 N–H and O–H groups in total. The number of quaternary nitrogens is 1. The van der Waals surface area contributed by atoms with Gasteiger partial charge in [0, 0.05) is 25.5 Å². The molecule has 3 nitrogen and oxygen atoms in total. The van der Waals surface area contributed by atoms with Crippen molar-refractivity contribution in [1.29, 1.82) is 0 Å². The average Bonchev–Trinajstić information content (AvgIpc) is 1.59. The van der Waals surface area contributed by atoms with Crippen molar-refractivity contribution in [3.63, 3.8) is 0 Å². The van der Waals surface area contributed by atoms with Crippen LogP contribution in [0.4, 0.5) is 0 Å². The average molecular weight is 182 g/mol. The first-order valence-corrected chi connectivity index (χ1v) is 2.97. The molecule has 59 valence electrons. The number of amides is 1. The van der Waals surface area contributed by atoms with Crippen LogP contribution >= 0.6 is 0 Å². The SMILES string of the molecule is CC(=O)NC[N+](C)(C)C.[V]. The summed E-state index contributed by atoms with van der Waals surface area (Å²) in [6, 6.07) is 0. The van der Waals surface area contributed by atoms with Crippen molar-refractivity contribution in [3.05, 3.63) is 0 Å². The second-order valence-electron chi connectivity index (χ2n) is 3.18. The van der Waals surface area contributed by atoms with Crippen molar-refractivity contribution in [1.82, 2.24) is 5.32 Å². The van der Waals surface area contributed by atoms with Crippen molar-refractivity contribution in [2.75, 3.05) is 27.8 Å². The van der Waals surface area contributed by atoms with Gasteiger partial charge in [-0.2, -0.15) is 0 Å². The van der Waals surface area contributed by atoms with Gasteiger partial charge in [0.05, 0.1) is 21.1 Å². The zero-order chi connectivity index (χ0) is 7.49. The Morgan fingerprint density at radius 3 is 1.90 bits per heavy atom. The molecule has 0 fully saturated rings. The summed E-state index contributed by atoms with van der Waals surface area (Å²) in [6.45, 7) is 2.21. The van der Waals surface area contributed by atoms with Crippen LogP contribution in [0.2, 0.25) is 0 Å². The number of carbonyl (C=O) groups excluding carboxylic acids is 1. The molecule has 0 aromatic heterocycles. The molecule has 0 saturated heterocycles. The zero-order valence-electron chi connectivity index (χ0n) is 7.01. The van der Waals surface area contributed by atoms with Crippen LogP contribution in [0.3, 0.4) is 0 Å². The first-order chi connectivity index (χ1) is 3.92. The van der Waals surface area contributed by atoms with E-state index in [2.05, 4.69) is 5.32 Å². The second kappa shape index (κ2) is 4.77. The van der Waals surface area contributed by atoms with Crippen molar-refractivity contribution in [2.45, 2.75) is 6.92 Å². The van der Waals surface area contributed by atoms with E-state index in [1.165, 1.54) is 6.92 Å². The van der Waals surface area contributed by atoms with Crippen molar-refractivity contribution >= 4 is 5.91 Å². The van der Waals surface area contributed by atoms with Crippen molar-refractivity contribution in [3.8, 4) is 0 Å². The largest absolute Gasteiger partial charge is 0.314 e. The van der Waals surface area contributed by atoms with Gasteiger partial charge in [-0.3, -0.25) is 4.79 Å². The Hall–Kier alpha value is 0.0144. The van der Waals surface area contributed by atoms with E-state index >= 15 is 0 Å². The molecule has 0 unspecified atom stereocenters. The Kier molecular flexibility index (Phi) is 6.05. The van der Waals surface area contributed by atoms with Crippen LogP contribution in [0.5, 0.6) is 0 Å². The van der Waals surface area contributed by atoms with Gasteiger partial charge in [0.25, 0.3) is 0 Å². The summed E-state index contributed by atoms with van der Waals surface area (Å²) in [4.78, 5) is 10.4. The van der Waals surface area contributed by atoms with E-state index < -0.39 is 0 Å². The normalized spacial score (nSPS) is 10.0. The fraction of sp³-hybridized carbons (Fsp3) is 0.833. The summed E-state index contributed by atoms with van der Waals surface area (Å²) >= 11 is 0. The smallest absolute Gasteiger partial charge is 0.221 e.